The van der Waals surface area contributed by atoms with E-state index in [1.165, 1.54) is 0 Å². The smallest absolute Gasteiger partial charge is 0.259 e. The largest absolute Gasteiger partial charge is 0.350 e. The third-order valence-electron chi connectivity index (χ3n) is 5.48. The van der Waals surface area contributed by atoms with Crippen molar-refractivity contribution in [3.8, 4) is 0 Å². The zero-order valence-corrected chi connectivity index (χ0v) is 15.9. The lowest BCUT2D eigenvalue weighted by Gasteiger charge is -2.10. The molecule has 5 heteroatoms. The minimum Gasteiger partial charge on any atom is -0.350 e. The number of amides is 2. The van der Waals surface area contributed by atoms with Gasteiger partial charge in [-0.05, 0) is 36.8 Å². The molecule has 0 bridgehead atoms. The van der Waals surface area contributed by atoms with Crippen LogP contribution in [-0.4, -0.2) is 20.9 Å². The monoisotopic (exact) mass is 369 g/mol. The van der Waals surface area contributed by atoms with Gasteiger partial charge in [0.2, 0.25) is 0 Å². The molecule has 2 aromatic carbocycles. The molecule has 0 fully saturated rings. The molecule has 28 heavy (non-hydrogen) atoms. The first-order valence-corrected chi connectivity index (χ1v) is 9.16. The fraction of sp³-hybridized carbons (Fsp3) is 0.130. The van der Waals surface area contributed by atoms with Crippen LogP contribution < -0.4 is 5.32 Å². The summed E-state index contributed by atoms with van der Waals surface area (Å²) < 4.78 is 3.98. The summed E-state index contributed by atoms with van der Waals surface area (Å²) in [7, 11) is 3.90. The van der Waals surface area contributed by atoms with Gasteiger partial charge < -0.3 is 9.13 Å². The fourth-order valence-corrected chi connectivity index (χ4v) is 4.29. The normalized spacial score (nSPS) is 14.5. The molecule has 1 N–H and O–H groups in total. The first-order valence-electron chi connectivity index (χ1n) is 9.16. The topological polar surface area (TPSA) is 56.0 Å². The van der Waals surface area contributed by atoms with Gasteiger partial charge in [-0.1, -0.05) is 18.2 Å². The predicted octanol–water partition coefficient (Wildman–Crippen LogP) is 3.55. The molecule has 5 nitrogen and oxygen atoms in total. The summed E-state index contributed by atoms with van der Waals surface area (Å²) in [4.78, 5) is 25.8. The molecule has 0 saturated carbocycles. The van der Waals surface area contributed by atoms with Crippen LogP contribution in [0.2, 0.25) is 0 Å². The molecule has 0 saturated heterocycles. The van der Waals surface area contributed by atoms with E-state index < -0.39 is 0 Å². The van der Waals surface area contributed by atoms with Crippen LogP contribution in [0.5, 0.6) is 0 Å². The predicted molar refractivity (Wildman–Crippen MR) is 111 cm³/mol. The van der Waals surface area contributed by atoms with Gasteiger partial charge in [-0.15, -0.1) is 0 Å². The van der Waals surface area contributed by atoms with Crippen LogP contribution in [0.3, 0.4) is 0 Å². The molecule has 2 aromatic heterocycles. The summed E-state index contributed by atoms with van der Waals surface area (Å²) in [5.74, 6) is -0.693. The van der Waals surface area contributed by atoms with E-state index in [-0.39, 0.29) is 11.8 Å². The molecule has 138 valence electrons. The lowest BCUT2D eigenvalue weighted by atomic mass is 9.93. The van der Waals surface area contributed by atoms with Crippen LogP contribution in [0, 0.1) is 6.92 Å². The zero-order chi connectivity index (χ0) is 19.6. The summed E-state index contributed by atoms with van der Waals surface area (Å²) in [5, 5.41) is 4.52. The average Bonchev–Trinajstić information content (AvgIpc) is 3.28. The second-order valence-corrected chi connectivity index (χ2v) is 7.38. The van der Waals surface area contributed by atoms with Gasteiger partial charge in [0.25, 0.3) is 11.8 Å². The van der Waals surface area contributed by atoms with E-state index in [2.05, 4.69) is 11.4 Å². The van der Waals surface area contributed by atoms with Gasteiger partial charge in [0, 0.05) is 53.9 Å². The minimum absolute atomic E-state index is 0.346. The van der Waals surface area contributed by atoms with Crippen molar-refractivity contribution in [1.82, 2.24) is 14.5 Å². The highest BCUT2D eigenvalue weighted by molar-refractivity contribution is 6.50. The Morgan fingerprint density at radius 2 is 1.57 bits per heavy atom. The van der Waals surface area contributed by atoms with Crippen molar-refractivity contribution in [2.24, 2.45) is 14.1 Å². The van der Waals surface area contributed by atoms with Gasteiger partial charge in [-0.2, -0.15) is 0 Å². The van der Waals surface area contributed by atoms with Crippen LogP contribution >= 0.6 is 0 Å². The number of benzene rings is 2. The number of aryl methyl sites for hydroxylation is 3. The SMILES string of the molecule is Cc1cc(C2=C(c3cn(C)c4ccccc34)C(=O)NC2=O)c2c(ccn2C)c1. The van der Waals surface area contributed by atoms with Gasteiger partial charge in [-0.25, -0.2) is 0 Å². The minimum atomic E-state index is -0.347. The zero-order valence-electron chi connectivity index (χ0n) is 15.9. The van der Waals surface area contributed by atoms with Crippen molar-refractivity contribution in [1.29, 1.82) is 0 Å². The summed E-state index contributed by atoms with van der Waals surface area (Å²) >= 11 is 0. The molecule has 0 spiro atoms. The molecule has 0 aliphatic carbocycles. The number of para-hydroxylation sites is 1. The van der Waals surface area contributed by atoms with Crippen molar-refractivity contribution in [2.75, 3.05) is 0 Å². The lowest BCUT2D eigenvalue weighted by Crippen LogP contribution is -2.22. The lowest BCUT2D eigenvalue weighted by molar-refractivity contribution is -0.122. The quantitative estimate of drug-likeness (QED) is 0.550. The maximum atomic E-state index is 12.9. The van der Waals surface area contributed by atoms with Gasteiger partial charge in [0.15, 0.2) is 0 Å². The van der Waals surface area contributed by atoms with E-state index in [0.29, 0.717) is 11.1 Å². The summed E-state index contributed by atoms with van der Waals surface area (Å²) in [5.41, 5.74) is 5.46. The number of carbonyl (C=O) groups excluding carboxylic acids is 2. The molecule has 5 rings (SSSR count). The number of nitrogens with one attached hydrogen (secondary N) is 1. The van der Waals surface area contributed by atoms with Crippen LogP contribution in [-0.2, 0) is 23.7 Å². The highest BCUT2D eigenvalue weighted by atomic mass is 16.2. The Kier molecular flexibility index (Phi) is 3.37. The Morgan fingerprint density at radius 1 is 0.857 bits per heavy atom. The van der Waals surface area contributed by atoms with E-state index in [0.717, 1.165) is 38.5 Å². The van der Waals surface area contributed by atoms with E-state index in [1.54, 1.807) is 0 Å². The average molecular weight is 369 g/mol. The van der Waals surface area contributed by atoms with E-state index in [9.17, 15) is 9.59 Å². The van der Waals surface area contributed by atoms with E-state index in [4.69, 9.17) is 0 Å². The molecule has 4 aromatic rings. The second kappa shape index (κ2) is 5.70. The van der Waals surface area contributed by atoms with Gasteiger partial charge in [-0.3, -0.25) is 14.9 Å². The van der Waals surface area contributed by atoms with Gasteiger partial charge in [0.05, 0.1) is 16.7 Å². The molecule has 0 atom stereocenters. The van der Waals surface area contributed by atoms with E-state index in [1.807, 2.05) is 78.9 Å². The number of nitrogens with zero attached hydrogens (tertiary/aromatic N) is 2. The van der Waals surface area contributed by atoms with Gasteiger partial charge >= 0.3 is 0 Å². The molecular weight excluding hydrogens is 350 g/mol. The third-order valence-corrected chi connectivity index (χ3v) is 5.48. The highest BCUT2D eigenvalue weighted by Gasteiger charge is 2.35. The first-order chi connectivity index (χ1) is 13.5. The van der Waals surface area contributed by atoms with Crippen LogP contribution in [0.1, 0.15) is 16.7 Å². The van der Waals surface area contributed by atoms with Gasteiger partial charge in [0.1, 0.15) is 0 Å². The van der Waals surface area contributed by atoms with Crippen molar-refractivity contribution in [3.63, 3.8) is 0 Å². The first kappa shape index (κ1) is 16.6. The Hall–Kier alpha value is -3.60. The van der Waals surface area contributed by atoms with Crippen LogP contribution in [0.4, 0.5) is 0 Å². The number of carbonyl (C=O) groups is 2. The molecular formula is C23H19N3O2. The summed E-state index contributed by atoms with van der Waals surface area (Å²) in [6.07, 6.45) is 3.90. The fourth-order valence-electron chi connectivity index (χ4n) is 4.29. The summed E-state index contributed by atoms with van der Waals surface area (Å²) in [6.45, 7) is 2.00. The Labute approximate surface area is 161 Å². The number of aromatic nitrogens is 2. The van der Waals surface area contributed by atoms with E-state index >= 15 is 0 Å². The molecule has 0 radical (unpaired) electrons. The van der Waals surface area contributed by atoms with Crippen molar-refractivity contribution < 1.29 is 9.59 Å². The van der Waals surface area contributed by atoms with Crippen LogP contribution in [0.15, 0.2) is 54.9 Å². The standard InChI is InChI=1S/C23H19N3O2/c1-13-10-14-8-9-25(2)21(14)16(11-13)19-20(23(28)24-22(19)27)17-12-26(3)18-7-5-4-6-15(17)18/h4-12H,1-3H3,(H,24,27,28). The van der Waals surface area contributed by atoms with Crippen LogP contribution in [0.25, 0.3) is 33.0 Å². The third kappa shape index (κ3) is 2.19. The summed E-state index contributed by atoms with van der Waals surface area (Å²) in [6, 6.07) is 14.0. The molecule has 3 heterocycles. The highest BCUT2D eigenvalue weighted by Crippen LogP contribution is 2.38. The maximum Gasteiger partial charge on any atom is 0.259 e. The Balaban J connectivity index is 1.91. The molecule has 0 unspecified atom stereocenters. The Bertz CT molecular complexity index is 1350. The second-order valence-electron chi connectivity index (χ2n) is 7.38. The number of rotatable bonds is 2. The molecule has 1 aliphatic heterocycles. The maximum absolute atomic E-state index is 12.9. The molecule has 2 amide bonds. The number of hydrogen-bond donors (Lipinski definition) is 1. The molecule has 1 aliphatic rings. The number of fused-ring (bicyclic) bond motifs is 2. The van der Waals surface area contributed by atoms with Crippen molar-refractivity contribution >= 4 is 44.8 Å². The van der Waals surface area contributed by atoms with Crippen molar-refractivity contribution in [2.45, 2.75) is 6.92 Å². The number of imide groups is 1. The Morgan fingerprint density at radius 3 is 2.36 bits per heavy atom. The van der Waals surface area contributed by atoms with Crippen molar-refractivity contribution in [3.05, 3.63) is 71.5 Å². The number of hydrogen-bond acceptors (Lipinski definition) is 2.